The van der Waals surface area contributed by atoms with Crippen LogP contribution < -0.4 is 4.74 Å². The zero-order chi connectivity index (χ0) is 22.1. The van der Waals surface area contributed by atoms with Gasteiger partial charge >= 0.3 is 0 Å². The molecule has 0 spiro atoms. The monoisotopic (exact) mass is 501 g/mol. The van der Waals surface area contributed by atoms with Gasteiger partial charge < -0.3 is 9.72 Å². The molecule has 0 amide bonds. The van der Waals surface area contributed by atoms with E-state index >= 15 is 0 Å². The Balaban J connectivity index is 0.00000162. The van der Waals surface area contributed by atoms with Gasteiger partial charge in [0, 0.05) is 47.3 Å². The molecule has 0 saturated heterocycles. The second-order valence-corrected chi connectivity index (χ2v) is 9.61. The van der Waals surface area contributed by atoms with Gasteiger partial charge in [-0.25, -0.2) is 0 Å². The summed E-state index contributed by atoms with van der Waals surface area (Å²) in [4.78, 5) is 8.60. The van der Waals surface area contributed by atoms with E-state index in [2.05, 4.69) is 83.6 Å². The number of nitrogens with one attached hydrogen (secondary N) is 1. The van der Waals surface area contributed by atoms with Crippen molar-refractivity contribution in [2.24, 2.45) is 0 Å². The third kappa shape index (κ3) is 4.87. The molecular formula is C28H37Cl2N3O. The van der Waals surface area contributed by atoms with Gasteiger partial charge in [-0.05, 0) is 75.5 Å². The first-order valence-electron chi connectivity index (χ1n) is 11.9. The highest BCUT2D eigenvalue weighted by Crippen LogP contribution is 2.43. The van der Waals surface area contributed by atoms with Crippen molar-refractivity contribution in [2.45, 2.75) is 43.7 Å². The molecule has 1 aliphatic heterocycles. The average Bonchev–Trinajstić information content (AvgIpc) is 3.28. The molecule has 3 aromatic rings. The molecule has 0 atom stereocenters. The Morgan fingerprint density at radius 2 is 1.76 bits per heavy atom. The summed E-state index contributed by atoms with van der Waals surface area (Å²) in [6.45, 7) is 2.20. The lowest BCUT2D eigenvalue weighted by Gasteiger charge is -2.48. The minimum absolute atomic E-state index is 0. The van der Waals surface area contributed by atoms with Crippen molar-refractivity contribution in [1.29, 1.82) is 0 Å². The summed E-state index contributed by atoms with van der Waals surface area (Å²) in [5, 5.41) is 1.26. The second kappa shape index (κ2) is 11.2. The van der Waals surface area contributed by atoms with Gasteiger partial charge in [-0.2, -0.15) is 0 Å². The van der Waals surface area contributed by atoms with Gasteiger partial charge in [-0.3, -0.25) is 9.80 Å². The number of methoxy groups -OCH3 is 1. The van der Waals surface area contributed by atoms with Crippen LogP contribution in [0.4, 0.5) is 0 Å². The van der Waals surface area contributed by atoms with Crippen LogP contribution >= 0.6 is 24.8 Å². The molecule has 184 valence electrons. The van der Waals surface area contributed by atoms with E-state index in [1.807, 2.05) is 6.07 Å². The van der Waals surface area contributed by atoms with E-state index in [1.165, 1.54) is 53.3 Å². The van der Waals surface area contributed by atoms with Crippen LogP contribution in [-0.4, -0.2) is 55.1 Å². The number of nitrogens with zero attached hydrogens (tertiary/aromatic N) is 2. The van der Waals surface area contributed by atoms with Crippen LogP contribution in [0.3, 0.4) is 0 Å². The number of H-pyrrole nitrogens is 1. The van der Waals surface area contributed by atoms with Crippen molar-refractivity contribution >= 4 is 41.3 Å². The molecule has 0 unspecified atom stereocenters. The highest BCUT2D eigenvalue weighted by Gasteiger charge is 2.40. The molecule has 4 nitrogen and oxygen atoms in total. The number of hydrogen-bond donors (Lipinski definition) is 1. The topological polar surface area (TPSA) is 31.5 Å². The van der Waals surface area contributed by atoms with E-state index in [1.54, 1.807) is 7.11 Å². The Labute approximate surface area is 216 Å². The lowest BCUT2D eigenvalue weighted by atomic mass is 9.73. The fourth-order valence-electron chi connectivity index (χ4n) is 5.94. The summed E-state index contributed by atoms with van der Waals surface area (Å²) in [5.74, 6) is 0.918. The van der Waals surface area contributed by atoms with Crippen LogP contribution in [0, 0.1) is 0 Å². The van der Waals surface area contributed by atoms with Gasteiger partial charge in [0.1, 0.15) is 5.75 Å². The Morgan fingerprint density at radius 1 is 1.03 bits per heavy atom. The van der Waals surface area contributed by atoms with Crippen molar-refractivity contribution < 1.29 is 4.74 Å². The van der Waals surface area contributed by atoms with Crippen LogP contribution in [-0.2, 0) is 5.54 Å². The number of hydrogen-bond acceptors (Lipinski definition) is 3. The van der Waals surface area contributed by atoms with Crippen LogP contribution in [0.15, 0.2) is 60.8 Å². The van der Waals surface area contributed by atoms with Crippen molar-refractivity contribution in [3.8, 4) is 5.75 Å². The number of halogens is 2. The minimum atomic E-state index is 0. The fraction of sp³-hybridized carbons (Fsp3) is 0.429. The van der Waals surface area contributed by atoms with Gasteiger partial charge in [0.15, 0.2) is 0 Å². The molecule has 1 fully saturated rings. The lowest BCUT2D eigenvalue weighted by Crippen LogP contribution is -2.49. The number of fused-ring (bicyclic) bond motifs is 1. The first-order valence-corrected chi connectivity index (χ1v) is 11.9. The largest absolute Gasteiger partial charge is 0.497 e. The zero-order valence-corrected chi connectivity index (χ0v) is 22.1. The van der Waals surface area contributed by atoms with Crippen molar-refractivity contribution in [3.63, 3.8) is 0 Å². The predicted molar refractivity (Wildman–Crippen MR) is 148 cm³/mol. The van der Waals surface area contributed by atoms with E-state index in [0.29, 0.717) is 6.04 Å². The third-order valence-corrected chi connectivity index (χ3v) is 7.94. The standard InChI is InChI=1S/C28H35N3O.2ClH/c1-30(2)28(22-7-5-4-6-8-22)15-11-23(12-16-28)31-17-13-21(14-18-31)26-20-29-27-10-9-24(32-3)19-25(26)27;;/h4-10,13,19-20,23,29H,11-12,14-18H2,1-3H3;2*1H. The molecule has 2 heterocycles. The molecule has 1 saturated carbocycles. The summed E-state index contributed by atoms with van der Waals surface area (Å²) in [7, 11) is 6.23. The Kier molecular flexibility index (Phi) is 8.75. The SMILES string of the molecule is COc1ccc2[nH]cc(C3=CCN(C4CCC(c5ccccc5)(N(C)C)CC4)CC3)c2c1.Cl.Cl. The number of benzene rings is 2. The number of ether oxygens (including phenoxy) is 1. The van der Waals surface area contributed by atoms with Gasteiger partial charge in [0.05, 0.1) is 7.11 Å². The van der Waals surface area contributed by atoms with Crippen LogP contribution in [0.1, 0.15) is 43.2 Å². The minimum Gasteiger partial charge on any atom is -0.497 e. The molecule has 1 aliphatic carbocycles. The molecular weight excluding hydrogens is 465 g/mol. The lowest BCUT2D eigenvalue weighted by molar-refractivity contribution is 0.0525. The van der Waals surface area contributed by atoms with Crippen molar-refractivity contribution in [3.05, 3.63) is 71.9 Å². The molecule has 6 heteroatoms. The maximum atomic E-state index is 5.45. The third-order valence-electron chi connectivity index (χ3n) is 7.94. The van der Waals surface area contributed by atoms with E-state index in [0.717, 1.165) is 25.3 Å². The molecule has 5 rings (SSSR count). The van der Waals surface area contributed by atoms with E-state index in [4.69, 9.17) is 4.74 Å². The van der Waals surface area contributed by atoms with Crippen molar-refractivity contribution in [2.75, 3.05) is 34.3 Å². The second-order valence-electron chi connectivity index (χ2n) is 9.61. The van der Waals surface area contributed by atoms with Gasteiger partial charge in [0.25, 0.3) is 0 Å². The summed E-state index contributed by atoms with van der Waals surface area (Å²) >= 11 is 0. The molecule has 2 aliphatic rings. The molecule has 1 N–H and O–H groups in total. The average molecular weight is 503 g/mol. The highest BCUT2D eigenvalue weighted by atomic mass is 35.5. The molecule has 1 aromatic heterocycles. The Morgan fingerprint density at radius 3 is 2.38 bits per heavy atom. The molecule has 34 heavy (non-hydrogen) atoms. The molecule has 2 aromatic carbocycles. The van der Waals surface area contributed by atoms with E-state index in [-0.39, 0.29) is 30.4 Å². The van der Waals surface area contributed by atoms with Gasteiger partial charge in [0.2, 0.25) is 0 Å². The summed E-state index contributed by atoms with van der Waals surface area (Å²) < 4.78 is 5.45. The van der Waals surface area contributed by atoms with Crippen LogP contribution in [0.5, 0.6) is 5.75 Å². The van der Waals surface area contributed by atoms with E-state index in [9.17, 15) is 0 Å². The Hall–Kier alpha value is -1.98. The normalized spacial score (nSPS) is 23.2. The van der Waals surface area contributed by atoms with Crippen LogP contribution in [0.2, 0.25) is 0 Å². The summed E-state index contributed by atoms with van der Waals surface area (Å²) in [5.41, 5.74) is 5.62. The summed E-state index contributed by atoms with van der Waals surface area (Å²) in [6, 6.07) is 18.1. The smallest absolute Gasteiger partial charge is 0.119 e. The number of aromatic nitrogens is 1. The van der Waals surface area contributed by atoms with Gasteiger partial charge in [-0.15, -0.1) is 24.8 Å². The number of rotatable bonds is 5. The predicted octanol–water partition coefficient (Wildman–Crippen LogP) is 6.51. The quantitative estimate of drug-likeness (QED) is 0.432. The first kappa shape index (κ1) is 26.6. The Bertz CT molecular complexity index is 1100. The zero-order valence-electron chi connectivity index (χ0n) is 20.4. The van der Waals surface area contributed by atoms with Crippen molar-refractivity contribution in [1.82, 2.24) is 14.8 Å². The maximum Gasteiger partial charge on any atom is 0.119 e. The maximum absolute atomic E-state index is 5.45. The van der Waals surface area contributed by atoms with Gasteiger partial charge in [-0.1, -0.05) is 36.4 Å². The fourth-order valence-corrected chi connectivity index (χ4v) is 5.94. The highest BCUT2D eigenvalue weighted by molar-refractivity contribution is 5.93. The first-order chi connectivity index (χ1) is 15.6. The number of aromatic amines is 1. The van der Waals surface area contributed by atoms with Crippen LogP contribution in [0.25, 0.3) is 16.5 Å². The summed E-state index contributed by atoms with van der Waals surface area (Å²) in [6.07, 6.45) is 10.7. The molecule has 0 bridgehead atoms. The van der Waals surface area contributed by atoms with E-state index < -0.39 is 0 Å². The molecule has 0 radical (unpaired) electrons.